The Morgan fingerprint density at radius 3 is 1.59 bits per heavy atom. The maximum Gasteiger partial charge on any atom is 0.313 e. The van der Waals surface area contributed by atoms with Gasteiger partial charge in [-0.3, -0.25) is 14.4 Å². The molecule has 0 aromatic rings. The third kappa shape index (κ3) is 23.5. The monoisotopic (exact) mass is 784 g/mol. The summed E-state index contributed by atoms with van der Waals surface area (Å²) >= 11 is 0. The molecule has 2 fully saturated rings. The minimum Gasteiger partial charge on any atom is -0.462 e. The van der Waals surface area contributed by atoms with E-state index in [9.17, 15) is 14.4 Å². The van der Waals surface area contributed by atoms with Crippen molar-refractivity contribution >= 4 is 17.9 Å². The first-order valence-electron chi connectivity index (χ1n) is 22.7. The molecule has 0 amide bonds. The van der Waals surface area contributed by atoms with Crippen LogP contribution < -0.4 is 0 Å². The quantitative estimate of drug-likeness (QED) is 0.0281. The summed E-state index contributed by atoms with van der Waals surface area (Å²) in [4.78, 5) is 41.1. The van der Waals surface area contributed by atoms with E-state index in [-0.39, 0.29) is 31.1 Å². The molecule has 0 bridgehead atoms. The minimum absolute atomic E-state index is 0.0429. The zero-order valence-electron chi connectivity index (χ0n) is 36.2. The van der Waals surface area contributed by atoms with Crippen LogP contribution in [0.2, 0.25) is 0 Å². The lowest BCUT2D eigenvalue weighted by Gasteiger charge is -2.25. The van der Waals surface area contributed by atoms with E-state index in [2.05, 4.69) is 67.4 Å². The molecule has 0 saturated carbocycles. The summed E-state index contributed by atoms with van der Waals surface area (Å²) in [5.41, 5.74) is -0.575. The lowest BCUT2D eigenvalue weighted by molar-refractivity contribution is -0.170. The molecule has 56 heavy (non-hydrogen) atoms. The molecule has 2 aliphatic heterocycles. The van der Waals surface area contributed by atoms with E-state index in [1.54, 1.807) is 0 Å². The number of unbranched alkanes of at least 4 members (excludes halogenated alkanes) is 16. The van der Waals surface area contributed by atoms with Crippen LogP contribution in [0, 0.1) is 5.41 Å². The molecule has 4 atom stereocenters. The second-order valence-electron chi connectivity index (χ2n) is 16.5. The van der Waals surface area contributed by atoms with E-state index in [1.165, 1.54) is 51.4 Å². The molecule has 0 spiro atoms. The molecule has 2 heterocycles. The highest BCUT2D eigenvalue weighted by Crippen LogP contribution is 2.31. The molecule has 0 radical (unpaired) electrons. The number of hydrogen-bond acceptors (Lipinski definition) is 8. The van der Waals surface area contributed by atoms with E-state index in [4.69, 9.17) is 18.9 Å². The first kappa shape index (κ1) is 49.4. The number of nitrogens with zero attached hydrogens (tertiary/aromatic N) is 1. The SMILES string of the molecule is CCCCC/C=C\C/C=C\CCCCCCCC(=O)O[C@@H]1[C@@H](OC(=O)CCCCCCC/C=C\C/C=C\CCCCC)CO[C@@H]1COC(=O)C1(C)CCN(C)C1. The van der Waals surface area contributed by atoms with Gasteiger partial charge in [0, 0.05) is 19.4 Å². The smallest absolute Gasteiger partial charge is 0.313 e. The number of rotatable bonds is 33. The maximum atomic E-state index is 13.0. The Hall–Kier alpha value is -2.71. The van der Waals surface area contributed by atoms with Crippen molar-refractivity contribution in [1.82, 2.24) is 4.90 Å². The van der Waals surface area contributed by atoms with Crippen molar-refractivity contribution in [3.05, 3.63) is 48.6 Å². The maximum absolute atomic E-state index is 13.0. The van der Waals surface area contributed by atoms with Gasteiger partial charge in [-0.1, -0.05) is 127 Å². The largest absolute Gasteiger partial charge is 0.462 e. The van der Waals surface area contributed by atoms with Crippen molar-refractivity contribution < 1.29 is 33.3 Å². The highest BCUT2D eigenvalue weighted by molar-refractivity contribution is 5.77. The zero-order valence-corrected chi connectivity index (χ0v) is 36.2. The Labute approximate surface area is 342 Å². The average Bonchev–Trinajstić information content (AvgIpc) is 3.74. The molecular weight excluding hydrogens is 703 g/mol. The summed E-state index contributed by atoms with van der Waals surface area (Å²) in [6.45, 7) is 7.94. The normalized spacial score (nSPS) is 21.7. The van der Waals surface area contributed by atoms with Crippen molar-refractivity contribution in [1.29, 1.82) is 0 Å². The lowest BCUT2D eigenvalue weighted by atomic mass is 9.90. The molecule has 0 aliphatic carbocycles. The lowest BCUT2D eigenvalue weighted by Crippen LogP contribution is -2.41. The van der Waals surface area contributed by atoms with Gasteiger partial charge in [0.25, 0.3) is 0 Å². The second-order valence-corrected chi connectivity index (χ2v) is 16.5. The summed E-state index contributed by atoms with van der Waals surface area (Å²) in [5.74, 6) is -0.915. The fourth-order valence-electron chi connectivity index (χ4n) is 7.33. The number of allylic oxidation sites excluding steroid dienone is 8. The van der Waals surface area contributed by atoms with Gasteiger partial charge in [-0.05, 0) is 104 Å². The van der Waals surface area contributed by atoms with E-state index in [0.717, 1.165) is 103 Å². The standard InChI is InChI=1S/C48H81NO7/c1-5-7-9-11-13-15-17-19-21-23-25-27-29-31-33-35-44(50)55-43-40-53-42(39-54-47(52)48(3)37-38-49(4)41-48)46(43)56-45(51)36-34-32-30-28-26-24-22-20-18-16-14-12-10-8-6-2/h13-16,19-22,42-43,46H,5-12,17-18,23-41H2,1-4H3/b15-13-,16-14-,21-19-,22-20-/t42-,43+,46+,48?/m1/s1. The molecule has 8 nitrogen and oxygen atoms in total. The van der Waals surface area contributed by atoms with E-state index in [0.29, 0.717) is 19.4 Å². The van der Waals surface area contributed by atoms with E-state index >= 15 is 0 Å². The number of ether oxygens (including phenoxy) is 4. The van der Waals surface area contributed by atoms with Crippen LogP contribution in [-0.2, 0) is 33.3 Å². The van der Waals surface area contributed by atoms with Crippen LogP contribution >= 0.6 is 0 Å². The van der Waals surface area contributed by atoms with Crippen LogP contribution in [-0.4, -0.2) is 74.5 Å². The molecule has 8 heteroatoms. The molecule has 320 valence electrons. The number of carbonyl (C=O) groups excluding carboxylic acids is 3. The Kier molecular flexibility index (Phi) is 28.5. The third-order valence-corrected chi connectivity index (χ3v) is 11.0. The topological polar surface area (TPSA) is 91.4 Å². The van der Waals surface area contributed by atoms with Gasteiger partial charge < -0.3 is 23.8 Å². The molecule has 2 aliphatic rings. The second kappa shape index (κ2) is 32.3. The number of likely N-dealkylation sites (tertiary alicyclic amines) is 1. The van der Waals surface area contributed by atoms with E-state index < -0.39 is 23.7 Å². The van der Waals surface area contributed by atoms with Gasteiger partial charge in [0.05, 0.1) is 12.0 Å². The fraction of sp³-hybridized carbons (Fsp3) is 0.771. The number of esters is 3. The minimum atomic E-state index is -0.805. The van der Waals surface area contributed by atoms with Gasteiger partial charge in [-0.15, -0.1) is 0 Å². The molecule has 2 saturated heterocycles. The van der Waals surface area contributed by atoms with Crippen LogP contribution in [0.4, 0.5) is 0 Å². The predicted molar refractivity (Wildman–Crippen MR) is 229 cm³/mol. The summed E-state index contributed by atoms with van der Waals surface area (Å²) in [6, 6.07) is 0. The van der Waals surface area contributed by atoms with E-state index in [1.807, 2.05) is 14.0 Å². The summed E-state index contributed by atoms with van der Waals surface area (Å²) < 4.78 is 23.4. The number of hydrogen-bond donors (Lipinski definition) is 0. The van der Waals surface area contributed by atoms with Gasteiger partial charge in [0.15, 0.2) is 12.2 Å². The Morgan fingerprint density at radius 2 is 1.11 bits per heavy atom. The highest BCUT2D eigenvalue weighted by Gasteiger charge is 2.45. The molecule has 1 unspecified atom stereocenters. The van der Waals surface area contributed by atoms with Gasteiger partial charge in [-0.25, -0.2) is 0 Å². The van der Waals surface area contributed by atoms with Gasteiger partial charge in [0.1, 0.15) is 12.7 Å². The van der Waals surface area contributed by atoms with Crippen LogP contribution in [0.5, 0.6) is 0 Å². The highest BCUT2D eigenvalue weighted by atomic mass is 16.6. The molecule has 0 aromatic carbocycles. The summed E-state index contributed by atoms with van der Waals surface area (Å²) in [6.07, 6.45) is 41.8. The van der Waals surface area contributed by atoms with Crippen molar-refractivity contribution in [3.63, 3.8) is 0 Å². The average molecular weight is 784 g/mol. The Morgan fingerprint density at radius 1 is 0.643 bits per heavy atom. The van der Waals surface area contributed by atoms with Gasteiger partial charge >= 0.3 is 17.9 Å². The van der Waals surface area contributed by atoms with Crippen LogP contribution in [0.3, 0.4) is 0 Å². The van der Waals surface area contributed by atoms with Crippen molar-refractivity contribution in [2.45, 2.75) is 200 Å². The first-order valence-corrected chi connectivity index (χ1v) is 22.7. The van der Waals surface area contributed by atoms with Crippen LogP contribution in [0.1, 0.15) is 181 Å². The Balaban J connectivity index is 1.70. The summed E-state index contributed by atoms with van der Waals surface area (Å²) in [7, 11) is 2.00. The summed E-state index contributed by atoms with van der Waals surface area (Å²) in [5, 5.41) is 0. The van der Waals surface area contributed by atoms with Gasteiger partial charge in [0.2, 0.25) is 0 Å². The molecule has 0 N–H and O–H groups in total. The van der Waals surface area contributed by atoms with Gasteiger partial charge in [-0.2, -0.15) is 0 Å². The first-order chi connectivity index (χ1) is 27.3. The third-order valence-electron chi connectivity index (χ3n) is 11.0. The fourth-order valence-corrected chi connectivity index (χ4v) is 7.33. The van der Waals surface area contributed by atoms with Crippen LogP contribution in [0.25, 0.3) is 0 Å². The Bertz CT molecular complexity index is 1160. The molecular formula is C48H81NO7. The van der Waals surface area contributed by atoms with Crippen molar-refractivity contribution in [2.75, 3.05) is 33.4 Å². The zero-order chi connectivity index (χ0) is 40.5. The van der Waals surface area contributed by atoms with Crippen LogP contribution in [0.15, 0.2) is 48.6 Å². The number of carbonyl (C=O) groups is 3. The molecule has 0 aromatic heterocycles. The molecule has 2 rings (SSSR count). The van der Waals surface area contributed by atoms with Crippen molar-refractivity contribution in [2.24, 2.45) is 5.41 Å². The van der Waals surface area contributed by atoms with Crippen molar-refractivity contribution in [3.8, 4) is 0 Å². The predicted octanol–water partition coefficient (Wildman–Crippen LogP) is 11.7.